The third-order valence-corrected chi connectivity index (χ3v) is 3.36. The van der Waals surface area contributed by atoms with Gasteiger partial charge in [0, 0.05) is 12.6 Å². The Morgan fingerprint density at radius 3 is 2.58 bits per heavy atom. The lowest BCUT2D eigenvalue weighted by Gasteiger charge is -2.15. The highest BCUT2D eigenvalue weighted by atomic mass is 15.0. The first-order valence-corrected chi connectivity index (χ1v) is 5.24. The summed E-state index contributed by atoms with van der Waals surface area (Å²) in [4.78, 5) is 0. The second-order valence-electron chi connectivity index (χ2n) is 4.56. The van der Waals surface area contributed by atoms with Crippen molar-refractivity contribution in [1.82, 2.24) is 5.32 Å². The molecular formula is C10H20N2. The normalized spacial score (nSPS) is 36.5. The molecule has 0 aromatic heterocycles. The predicted molar refractivity (Wildman–Crippen MR) is 50.8 cm³/mol. The topological polar surface area (TPSA) is 38.0 Å². The molecule has 70 valence electrons. The molecule has 0 amide bonds. The molecule has 2 rings (SSSR count). The van der Waals surface area contributed by atoms with Crippen molar-refractivity contribution >= 4 is 0 Å². The molecule has 0 bridgehead atoms. The molecule has 2 aliphatic carbocycles. The van der Waals surface area contributed by atoms with E-state index < -0.39 is 0 Å². The quantitative estimate of drug-likeness (QED) is 0.642. The summed E-state index contributed by atoms with van der Waals surface area (Å²) in [6.45, 7) is 4.37. The minimum atomic E-state index is 0.623. The van der Waals surface area contributed by atoms with Crippen LogP contribution in [0.5, 0.6) is 0 Å². The van der Waals surface area contributed by atoms with Crippen LogP contribution < -0.4 is 11.1 Å². The average molecular weight is 168 g/mol. The van der Waals surface area contributed by atoms with Crippen molar-refractivity contribution < 1.29 is 0 Å². The van der Waals surface area contributed by atoms with Gasteiger partial charge in [0.2, 0.25) is 0 Å². The third kappa shape index (κ3) is 1.99. The Morgan fingerprint density at radius 1 is 1.50 bits per heavy atom. The second-order valence-corrected chi connectivity index (χ2v) is 4.56. The molecule has 0 aliphatic heterocycles. The Morgan fingerprint density at radius 2 is 2.17 bits per heavy atom. The van der Waals surface area contributed by atoms with Gasteiger partial charge in [-0.25, -0.2) is 0 Å². The van der Waals surface area contributed by atoms with E-state index in [1.54, 1.807) is 0 Å². The lowest BCUT2D eigenvalue weighted by Crippen LogP contribution is -2.39. The van der Waals surface area contributed by atoms with Crippen molar-refractivity contribution in [2.45, 2.75) is 32.2 Å². The van der Waals surface area contributed by atoms with Gasteiger partial charge in [-0.15, -0.1) is 0 Å². The number of rotatable bonds is 5. The fourth-order valence-electron chi connectivity index (χ4n) is 1.93. The highest BCUT2D eigenvalue weighted by molar-refractivity contribution is 4.90. The highest BCUT2D eigenvalue weighted by Crippen LogP contribution is 2.38. The number of hydrogen-bond acceptors (Lipinski definition) is 2. The van der Waals surface area contributed by atoms with Crippen molar-refractivity contribution in [1.29, 1.82) is 0 Å². The van der Waals surface area contributed by atoms with Crippen LogP contribution in [0.3, 0.4) is 0 Å². The molecule has 2 aliphatic rings. The van der Waals surface area contributed by atoms with Gasteiger partial charge in [-0.2, -0.15) is 0 Å². The van der Waals surface area contributed by atoms with Gasteiger partial charge in [0.25, 0.3) is 0 Å². The summed E-state index contributed by atoms with van der Waals surface area (Å²) in [7, 11) is 0. The fourth-order valence-corrected chi connectivity index (χ4v) is 1.93. The van der Waals surface area contributed by atoms with Gasteiger partial charge in [-0.3, -0.25) is 0 Å². The smallest absolute Gasteiger partial charge is 0.0218 e. The van der Waals surface area contributed by atoms with Crippen LogP contribution in [-0.4, -0.2) is 19.1 Å². The Balaban J connectivity index is 1.63. The number of hydrogen-bond donors (Lipinski definition) is 2. The predicted octanol–water partition coefficient (Wildman–Crippen LogP) is 0.969. The Labute approximate surface area is 74.9 Å². The molecule has 2 fully saturated rings. The first-order valence-electron chi connectivity index (χ1n) is 5.24. The summed E-state index contributed by atoms with van der Waals surface area (Å²) in [5, 5.41) is 3.60. The van der Waals surface area contributed by atoms with E-state index in [4.69, 9.17) is 5.73 Å². The van der Waals surface area contributed by atoms with E-state index in [2.05, 4.69) is 12.2 Å². The third-order valence-electron chi connectivity index (χ3n) is 3.36. The van der Waals surface area contributed by atoms with Gasteiger partial charge in [0.15, 0.2) is 0 Å². The zero-order valence-corrected chi connectivity index (χ0v) is 7.92. The van der Waals surface area contributed by atoms with Crippen LogP contribution in [0.15, 0.2) is 0 Å². The molecule has 0 aromatic rings. The summed E-state index contributed by atoms with van der Waals surface area (Å²) < 4.78 is 0. The molecule has 2 saturated carbocycles. The molecule has 2 heteroatoms. The van der Waals surface area contributed by atoms with Gasteiger partial charge in [0.1, 0.15) is 0 Å². The number of nitrogens with one attached hydrogen (secondary N) is 1. The van der Waals surface area contributed by atoms with Crippen LogP contribution in [0.1, 0.15) is 26.2 Å². The van der Waals surface area contributed by atoms with Crippen LogP contribution >= 0.6 is 0 Å². The first-order chi connectivity index (χ1) is 5.81. The van der Waals surface area contributed by atoms with Gasteiger partial charge in [0.05, 0.1) is 0 Å². The lowest BCUT2D eigenvalue weighted by molar-refractivity contribution is 0.453. The summed E-state index contributed by atoms with van der Waals surface area (Å²) in [5.74, 6) is 2.83. The van der Waals surface area contributed by atoms with Gasteiger partial charge in [-0.05, 0) is 43.6 Å². The van der Waals surface area contributed by atoms with Crippen LogP contribution in [0.4, 0.5) is 0 Å². The Hall–Kier alpha value is -0.0800. The van der Waals surface area contributed by atoms with E-state index in [0.29, 0.717) is 6.04 Å². The maximum atomic E-state index is 5.69. The van der Waals surface area contributed by atoms with E-state index in [1.807, 2.05) is 0 Å². The van der Waals surface area contributed by atoms with Gasteiger partial charge < -0.3 is 11.1 Å². The monoisotopic (exact) mass is 168 g/mol. The second kappa shape index (κ2) is 3.35. The van der Waals surface area contributed by atoms with Crippen LogP contribution in [0.2, 0.25) is 0 Å². The van der Waals surface area contributed by atoms with E-state index in [9.17, 15) is 0 Å². The summed E-state index contributed by atoms with van der Waals surface area (Å²) in [6.07, 6.45) is 4.22. The molecule has 0 aromatic carbocycles. The molecule has 3 unspecified atom stereocenters. The molecule has 12 heavy (non-hydrogen) atoms. The zero-order valence-electron chi connectivity index (χ0n) is 7.92. The number of nitrogens with two attached hydrogens (primary N) is 1. The van der Waals surface area contributed by atoms with Crippen LogP contribution in [0, 0.1) is 17.8 Å². The summed E-state index contributed by atoms with van der Waals surface area (Å²) in [6, 6.07) is 0.623. The molecule has 0 radical (unpaired) electrons. The molecule has 2 nitrogen and oxygen atoms in total. The zero-order chi connectivity index (χ0) is 8.55. The van der Waals surface area contributed by atoms with E-state index in [1.165, 1.54) is 25.8 Å². The minimum absolute atomic E-state index is 0.623. The highest BCUT2D eigenvalue weighted by Gasteiger charge is 2.35. The van der Waals surface area contributed by atoms with Crippen molar-refractivity contribution in [2.24, 2.45) is 23.5 Å². The van der Waals surface area contributed by atoms with Crippen LogP contribution in [0.25, 0.3) is 0 Å². The SMILES string of the molecule is CC1CC1CNC(CN)C1CC1. The lowest BCUT2D eigenvalue weighted by atomic mass is 10.2. The molecular weight excluding hydrogens is 148 g/mol. The summed E-state index contributed by atoms with van der Waals surface area (Å²) in [5.41, 5.74) is 5.69. The minimum Gasteiger partial charge on any atom is -0.329 e. The van der Waals surface area contributed by atoms with Crippen LogP contribution in [-0.2, 0) is 0 Å². The average Bonchev–Trinajstić information content (AvgIpc) is 2.90. The van der Waals surface area contributed by atoms with Crippen molar-refractivity contribution in [3.8, 4) is 0 Å². The maximum Gasteiger partial charge on any atom is 0.0218 e. The molecule has 3 atom stereocenters. The summed E-state index contributed by atoms with van der Waals surface area (Å²) >= 11 is 0. The molecule has 0 heterocycles. The van der Waals surface area contributed by atoms with E-state index in [-0.39, 0.29) is 0 Å². The fraction of sp³-hybridized carbons (Fsp3) is 1.00. The molecule has 0 spiro atoms. The molecule has 0 saturated heterocycles. The van der Waals surface area contributed by atoms with Gasteiger partial charge in [-0.1, -0.05) is 6.92 Å². The Kier molecular flexibility index (Phi) is 2.37. The maximum absolute atomic E-state index is 5.69. The van der Waals surface area contributed by atoms with Gasteiger partial charge >= 0.3 is 0 Å². The van der Waals surface area contributed by atoms with E-state index in [0.717, 1.165) is 24.3 Å². The Bertz CT molecular complexity index is 154. The van der Waals surface area contributed by atoms with E-state index >= 15 is 0 Å². The van der Waals surface area contributed by atoms with Crippen molar-refractivity contribution in [3.63, 3.8) is 0 Å². The van der Waals surface area contributed by atoms with Crippen molar-refractivity contribution in [3.05, 3.63) is 0 Å². The molecule has 3 N–H and O–H groups in total. The largest absolute Gasteiger partial charge is 0.329 e. The first kappa shape index (κ1) is 8.52. The van der Waals surface area contributed by atoms with Crippen molar-refractivity contribution in [2.75, 3.05) is 13.1 Å². The standard InChI is InChI=1S/C10H20N2/c1-7-4-9(7)6-12-10(5-11)8-2-3-8/h7-10,12H,2-6,11H2,1H3.